The summed E-state index contributed by atoms with van der Waals surface area (Å²) in [5, 5.41) is 9.10. The minimum atomic E-state index is -1.25. The van der Waals surface area contributed by atoms with Crippen molar-refractivity contribution in [1.29, 1.82) is 0 Å². The Hall–Kier alpha value is -1.08. The Morgan fingerprint density at radius 2 is 2.21 bits per heavy atom. The van der Waals surface area contributed by atoms with Crippen LogP contribution in [0.4, 0.5) is 0 Å². The van der Waals surface area contributed by atoms with Crippen molar-refractivity contribution < 1.29 is 9.90 Å². The molecule has 0 radical (unpaired) electrons. The summed E-state index contributed by atoms with van der Waals surface area (Å²) in [4.78, 5) is 25.0. The first-order valence-electron chi connectivity index (χ1n) is 3.59. The fourth-order valence-electron chi connectivity index (χ4n) is 0.942. The summed E-state index contributed by atoms with van der Waals surface area (Å²) in [6.07, 6.45) is 1.67. The lowest BCUT2D eigenvalue weighted by atomic mass is 10.3. The van der Waals surface area contributed by atoms with E-state index < -0.39 is 11.5 Å². The van der Waals surface area contributed by atoms with E-state index in [0.29, 0.717) is 0 Å². The van der Waals surface area contributed by atoms with Crippen LogP contribution in [0.25, 0.3) is 0 Å². The number of carboxylic acids is 1. The molecule has 0 amide bonds. The summed E-state index contributed by atoms with van der Waals surface area (Å²) in [6, 6.07) is 0. The molecule has 0 saturated carbocycles. The van der Waals surface area contributed by atoms with Crippen molar-refractivity contribution in [1.82, 2.24) is 9.55 Å². The highest BCUT2D eigenvalue weighted by Crippen LogP contribution is 2.13. The number of H-pyrrole nitrogens is 1. The number of aromatic nitrogens is 2. The van der Waals surface area contributed by atoms with Gasteiger partial charge < -0.3 is 10.1 Å². The molecule has 1 rings (SSSR count). The van der Waals surface area contributed by atoms with Gasteiger partial charge in [-0.3, -0.25) is 9.36 Å². The molecule has 0 fully saturated rings. The zero-order chi connectivity index (χ0) is 10.9. The fraction of sp³-hybridized carbons (Fsp3) is 0.286. The van der Waals surface area contributed by atoms with E-state index in [4.69, 9.17) is 17.3 Å². The molecule has 1 heterocycles. The van der Waals surface area contributed by atoms with Gasteiger partial charge in [-0.1, -0.05) is 0 Å². The molecule has 5 nitrogen and oxygen atoms in total. The Labute approximate surface area is 88.8 Å². The van der Waals surface area contributed by atoms with Crippen LogP contribution in [0.3, 0.4) is 0 Å². The number of aromatic carboxylic acids is 1. The number of thioether (sulfide) groups is 1. The molecule has 0 aliphatic heterocycles. The lowest BCUT2D eigenvalue weighted by molar-refractivity contribution is 0.0689. The average Bonchev–Trinajstić information content (AvgIpc) is 2.12. The van der Waals surface area contributed by atoms with Gasteiger partial charge in [0.1, 0.15) is 0 Å². The summed E-state index contributed by atoms with van der Waals surface area (Å²) in [6.45, 7) is 0. The van der Waals surface area contributed by atoms with Crippen molar-refractivity contribution in [3.05, 3.63) is 20.7 Å². The van der Waals surface area contributed by atoms with Crippen LogP contribution in [-0.2, 0) is 7.05 Å². The topological polar surface area (TPSA) is 75.1 Å². The SMILES string of the molecule is CSc1[nH]c(=S)n(C)c(=O)c1C(=O)O. The van der Waals surface area contributed by atoms with E-state index in [2.05, 4.69) is 4.98 Å². The van der Waals surface area contributed by atoms with Crippen molar-refractivity contribution in [2.75, 3.05) is 6.26 Å². The minimum Gasteiger partial charge on any atom is -0.477 e. The van der Waals surface area contributed by atoms with Crippen molar-refractivity contribution in [3.8, 4) is 0 Å². The molecule has 0 aliphatic rings. The lowest BCUT2D eigenvalue weighted by Crippen LogP contribution is -2.27. The Balaban J connectivity index is 3.71. The number of aromatic amines is 1. The molecule has 0 atom stereocenters. The highest BCUT2D eigenvalue weighted by molar-refractivity contribution is 7.98. The first kappa shape index (κ1) is 11.0. The molecule has 1 aromatic heterocycles. The van der Waals surface area contributed by atoms with Gasteiger partial charge >= 0.3 is 5.97 Å². The van der Waals surface area contributed by atoms with Crippen LogP contribution in [-0.4, -0.2) is 26.9 Å². The average molecular weight is 232 g/mol. The van der Waals surface area contributed by atoms with Gasteiger partial charge in [0.15, 0.2) is 10.3 Å². The normalized spacial score (nSPS) is 10.1. The minimum absolute atomic E-state index is 0.212. The highest BCUT2D eigenvalue weighted by atomic mass is 32.2. The second kappa shape index (κ2) is 3.97. The predicted molar refractivity (Wildman–Crippen MR) is 55.6 cm³/mol. The number of nitrogens with zero attached hydrogens (tertiary/aromatic N) is 1. The van der Waals surface area contributed by atoms with Gasteiger partial charge in [-0.05, 0) is 18.5 Å². The standard InChI is InChI=1S/C7H8N2O3S2/c1-9-5(10)3(6(11)12)4(14-2)8-7(9)13/h1-2H3,(H,8,13)(H,11,12). The molecule has 0 spiro atoms. The molecule has 0 aromatic carbocycles. The van der Waals surface area contributed by atoms with Crippen molar-refractivity contribution in [2.45, 2.75) is 5.03 Å². The molecule has 1 aromatic rings. The Bertz CT molecular complexity index is 489. The van der Waals surface area contributed by atoms with Gasteiger partial charge in [0, 0.05) is 7.05 Å². The number of nitrogens with one attached hydrogen (secondary N) is 1. The molecule has 0 saturated heterocycles. The Morgan fingerprint density at radius 3 is 2.64 bits per heavy atom. The molecule has 2 N–H and O–H groups in total. The van der Waals surface area contributed by atoms with Crippen LogP contribution in [0, 0.1) is 4.77 Å². The van der Waals surface area contributed by atoms with Gasteiger partial charge in [0.2, 0.25) is 0 Å². The van der Waals surface area contributed by atoms with Crippen molar-refractivity contribution >= 4 is 29.9 Å². The van der Waals surface area contributed by atoms with E-state index in [1.54, 1.807) is 6.26 Å². The van der Waals surface area contributed by atoms with E-state index in [1.165, 1.54) is 7.05 Å². The van der Waals surface area contributed by atoms with Gasteiger partial charge in [-0.2, -0.15) is 0 Å². The predicted octanol–water partition coefficient (Wildman–Crippen LogP) is 0.863. The van der Waals surface area contributed by atoms with Crippen molar-refractivity contribution in [3.63, 3.8) is 0 Å². The zero-order valence-electron chi connectivity index (χ0n) is 7.53. The van der Waals surface area contributed by atoms with Gasteiger partial charge in [-0.15, -0.1) is 11.8 Å². The first-order chi connectivity index (χ1) is 6.49. The fourth-order valence-corrected chi connectivity index (χ4v) is 1.77. The second-order valence-corrected chi connectivity index (χ2v) is 3.71. The summed E-state index contributed by atoms with van der Waals surface area (Å²) >= 11 is 5.99. The molecule has 7 heteroatoms. The van der Waals surface area contributed by atoms with Crippen LogP contribution in [0.15, 0.2) is 9.82 Å². The third-order valence-corrected chi connectivity index (χ3v) is 2.78. The molecule has 76 valence electrons. The van der Waals surface area contributed by atoms with E-state index >= 15 is 0 Å². The number of rotatable bonds is 2. The molecular weight excluding hydrogens is 224 g/mol. The maximum Gasteiger partial charge on any atom is 0.344 e. The van der Waals surface area contributed by atoms with Crippen LogP contribution < -0.4 is 5.56 Å². The van der Waals surface area contributed by atoms with Crippen LogP contribution in [0.1, 0.15) is 10.4 Å². The maximum absolute atomic E-state index is 11.5. The van der Waals surface area contributed by atoms with E-state index in [0.717, 1.165) is 16.3 Å². The third-order valence-electron chi connectivity index (χ3n) is 1.69. The molecule has 0 unspecified atom stereocenters. The monoisotopic (exact) mass is 232 g/mol. The molecular formula is C7H8N2O3S2. The smallest absolute Gasteiger partial charge is 0.344 e. The van der Waals surface area contributed by atoms with Crippen LogP contribution in [0.2, 0.25) is 0 Å². The number of hydrogen-bond donors (Lipinski definition) is 2. The van der Waals surface area contributed by atoms with E-state index in [1.807, 2.05) is 0 Å². The molecule has 0 bridgehead atoms. The van der Waals surface area contributed by atoms with Gasteiger partial charge in [0.05, 0.1) is 5.03 Å². The highest BCUT2D eigenvalue weighted by Gasteiger charge is 2.16. The summed E-state index contributed by atoms with van der Waals surface area (Å²) in [5.41, 5.74) is -0.862. The Morgan fingerprint density at radius 1 is 1.64 bits per heavy atom. The second-order valence-electron chi connectivity index (χ2n) is 2.51. The van der Waals surface area contributed by atoms with Gasteiger partial charge in [-0.25, -0.2) is 4.79 Å². The number of carbonyl (C=O) groups is 1. The quantitative estimate of drug-likeness (QED) is 0.449. The lowest BCUT2D eigenvalue weighted by Gasteiger charge is -2.04. The van der Waals surface area contributed by atoms with Crippen molar-refractivity contribution in [2.24, 2.45) is 7.05 Å². The largest absolute Gasteiger partial charge is 0.477 e. The van der Waals surface area contributed by atoms with Crippen LogP contribution in [0.5, 0.6) is 0 Å². The number of hydrogen-bond acceptors (Lipinski definition) is 4. The maximum atomic E-state index is 11.5. The first-order valence-corrected chi connectivity index (χ1v) is 5.23. The zero-order valence-corrected chi connectivity index (χ0v) is 9.16. The Kier molecular flexibility index (Phi) is 3.12. The molecule has 0 aliphatic carbocycles. The summed E-state index contributed by atoms with van der Waals surface area (Å²) in [5.74, 6) is -1.25. The molecule has 14 heavy (non-hydrogen) atoms. The summed E-state index contributed by atoms with van der Waals surface area (Å²) in [7, 11) is 1.43. The number of carboxylic acid groups (broad SMARTS) is 1. The van der Waals surface area contributed by atoms with E-state index in [9.17, 15) is 9.59 Å². The van der Waals surface area contributed by atoms with Crippen LogP contribution >= 0.6 is 24.0 Å². The summed E-state index contributed by atoms with van der Waals surface area (Å²) < 4.78 is 1.31. The van der Waals surface area contributed by atoms with E-state index in [-0.39, 0.29) is 15.4 Å². The third kappa shape index (κ3) is 1.73. The van der Waals surface area contributed by atoms with Gasteiger partial charge in [0.25, 0.3) is 5.56 Å².